The maximum atomic E-state index is 14.4. The molecular formula is C25H26BrFN2O5S. The van der Waals surface area contributed by atoms with Crippen molar-refractivity contribution in [3.63, 3.8) is 0 Å². The Balaban J connectivity index is 2.10. The summed E-state index contributed by atoms with van der Waals surface area (Å²) in [4.78, 5) is 13.4. The number of nitrogens with zero attached hydrogens (tertiary/aromatic N) is 1. The van der Waals surface area contributed by atoms with E-state index < -0.39 is 21.7 Å². The molecule has 0 saturated carbocycles. The predicted molar refractivity (Wildman–Crippen MR) is 137 cm³/mol. The Morgan fingerprint density at radius 3 is 2.23 bits per heavy atom. The van der Waals surface area contributed by atoms with Crippen LogP contribution in [0.5, 0.6) is 11.5 Å². The van der Waals surface area contributed by atoms with Crippen molar-refractivity contribution in [3.05, 3.63) is 87.6 Å². The molecular weight excluding hydrogens is 539 g/mol. The fourth-order valence-corrected chi connectivity index (χ4v) is 4.67. The van der Waals surface area contributed by atoms with Gasteiger partial charge in [0.05, 0.1) is 44.3 Å². The van der Waals surface area contributed by atoms with E-state index in [9.17, 15) is 17.6 Å². The number of benzene rings is 3. The molecule has 3 aromatic carbocycles. The summed E-state index contributed by atoms with van der Waals surface area (Å²) in [6.45, 7) is 1.50. The molecule has 0 aliphatic rings. The molecule has 35 heavy (non-hydrogen) atoms. The molecule has 10 heteroatoms. The summed E-state index contributed by atoms with van der Waals surface area (Å²) < 4.78 is 52.7. The topological polar surface area (TPSA) is 84.9 Å². The third kappa shape index (κ3) is 6.32. The Kier molecular flexibility index (Phi) is 8.39. The van der Waals surface area contributed by atoms with Crippen molar-refractivity contribution in [2.24, 2.45) is 0 Å². The van der Waals surface area contributed by atoms with Crippen LogP contribution < -0.4 is 19.1 Å². The summed E-state index contributed by atoms with van der Waals surface area (Å²) in [5, 5.41) is 2.90. The first-order chi connectivity index (χ1) is 16.5. The first kappa shape index (κ1) is 26.5. The van der Waals surface area contributed by atoms with Gasteiger partial charge in [-0.2, -0.15) is 0 Å². The Morgan fingerprint density at radius 1 is 1.06 bits per heavy atom. The normalized spacial score (nSPS) is 12.1. The van der Waals surface area contributed by atoms with E-state index in [0.29, 0.717) is 0 Å². The van der Waals surface area contributed by atoms with E-state index in [0.717, 1.165) is 20.6 Å². The zero-order valence-electron chi connectivity index (χ0n) is 19.7. The fourth-order valence-electron chi connectivity index (χ4n) is 3.53. The highest BCUT2D eigenvalue weighted by atomic mass is 79.9. The minimum atomic E-state index is -3.93. The van der Waals surface area contributed by atoms with Crippen molar-refractivity contribution in [2.75, 3.05) is 24.8 Å². The van der Waals surface area contributed by atoms with Gasteiger partial charge in [0.25, 0.3) is 5.91 Å². The lowest BCUT2D eigenvalue weighted by atomic mass is 10.1. The third-order valence-electron chi connectivity index (χ3n) is 5.40. The number of carbonyl (C=O) groups excluding carboxylic acids is 1. The van der Waals surface area contributed by atoms with Gasteiger partial charge < -0.3 is 14.8 Å². The highest BCUT2D eigenvalue weighted by molar-refractivity contribution is 9.10. The van der Waals surface area contributed by atoms with E-state index in [1.165, 1.54) is 44.6 Å². The molecule has 0 aliphatic carbocycles. The second-order valence-corrected chi connectivity index (χ2v) is 10.7. The maximum Gasteiger partial charge on any atom is 0.254 e. The molecule has 0 aliphatic heterocycles. The van der Waals surface area contributed by atoms with Gasteiger partial charge in [-0.15, -0.1) is 0 Å². The Morgan fingerprint density at radius 2 is 1.66 bits per heavy atom. The Bertz CT molecular complexity index is 1320. The first-order valence-corrected chi connectivity index (χ1v) is 13.2. The lowest BCUT2D eigenvalue weighted by Crippen LogP contribution is -2.33. The van der Waals surface area contributed by atoms with Crippen LogP contribution in [-0.2, 0) is 16.6 Å². The van der Waals surface area contributed by atoms with E-state index in [1.807, 2.05) is 31.2 Å². The van der Waals surface area contributed by atoms with Crippen molar-refractivity contribution in [1.82, 2.24) is 5.32 Å². The summed E-state index contributed by atoms with van der Waals surface area (Å²) in [5.74, 6) is -0.616. The summed E-state index contributed by atoms with van der Waals surface area (Å²) in [6, 6.07) is 15.8. The summed E-state index contributed by atoms with van der Waals surface area (Å²) in [7, 11) is -1.12. The lowest BCUT2D eigenvalue weighted by molar-refractivity contribution is 0.0940. The van der Waals surface area contributed by atoms with Crippen LogP contribution in [0.3, 0.4) is 0 Å². The molecule has 3 rings (SSSR count). The summed E-state index contributed by atoms with van der Waals surface area (Å²) in [6.07, 6.45) is 0.997. The van der Waals surface area contributed by atoms with Crippen molar-refractivity contribution in [1.29, 1.82) is 0 Å². The molecule has 0 spiro atoms. The number of nitrogens with one attached hydrogen (secondary N) is 1. The smallest absolute Gasteiger partial charge is 0.254 e. The van der Waals surface area contributed by atoms with E-state index in [4.69, 9.17) is 9.47 Å². The Labute approximate surface area is 213 Å². The number of halogens is 2. The van der Waals surface area contributed by atoms with Crippen LogP contribution in [0.2, 0.25) is 0 Å². The van der Waals surface area contributed by atoms with Crippen LogP contribution in [0.25, 0.3) is 0 Å². The van der Waals surface area contributed by atoms with Gasteiger partial charge in [0.15, 0.2) is 11.5 Å². The molecule has 1 unspecified atom stereocenters. The maximum absolute atomic E-state index is 14.4. The molecule has 1 atom stereocenters. The van der Waals surface area contributed by atoms with Crippen LogP contribution in [-0.4, -0.2) is 34.8 Å². The highest BCUT2D eigenvalue weighted by Crippen LogP contribution is 2.37. The van der Waals surface area contributed by atoms with Crippen molar-refractivity contribution in [3.8, 4) is 11.5 Å². The summed E-state index contributed by atoms with van der Waals surface area (Å²) >= 11 is 3.39. The zero-order valence-corrected chi connectivity index (χ0v) is 22.1. The van der Waals surface area contributed by atoms with E-state index >= 15 is 0 Å². The van der Waals surface area contributed by atoms with Crippen LogP contribution in [0, 0.1) is 5.82 Å². The fraction of sp³-hybridized carbons (Fsp3) is 0.240. The van der Waals surface area contributed by atoms with Crippen LogP contribution in [0.15, 0.2) is 65.1 Å². The lowest BCUT2D eigenvalue weighted by Gasteiger charge is -2.26. The molecule has 0 radical (unpaired) electrons. The molecule has 0 fully saturated rings. The SMILES string of the molecule is COc1cc(C(=O)NC(C)c2ccc(Br)cc2)c(N(Cc2ccccc2F)S(C)(=O)=O)cc1OC. The van der Waals surface area contributed by atoms with Gasteiger partial charge in [0.2, 0.25) is 10.0 Å². The molecule has 0 aromatic heterocycles. The van der Waals surface area contributed by atoms with Crippen molar-refractivity contribution in [2.45, 2.75) is 19.5 Å². The molecule has 1 amide bonds. The van der Waals surface area contributed by atoms with Gasteiger partial charge in [0.1, 0.15) is 5.82 Å². The Hall–Kier alpha value is -3.11. The number of hydrogen-bond acceptors (Lipinski definition) is 5. The second-order valence-electron chi connectivity index (χ2n) is 7.83. The van der Waals surface area contributed by atoms with Crippen molar-refractivity contribution >= 4 is 37.5 Å². The monoisotopic (exact) mass is 564 g/mol. The average molecular weight is 565 g/mol. The molecule has 1 N–H and O–H groups in total. The number of anilines is 1. The minimum absolute atomic E-state index is 0.0355. The number of sulfonamides is 1. The highest BCUT2D eigenvalue weighted by Gasteiger charge is 2.28. The van der Waals surface area contributed by atoms with Crippen LogP contribution in [0.4, 0.5) is 10.1 Å². The number of methoxy groups -OCH3 is 2. The molecule has 7 nitrogen and oxygen atoms in total. The summed E-state index contributed by atoms with van der Waals surface area (Å²) in [5.41, 5.74) is 1.08. The third-order valence-corrected chi connectivity index (χ3v) is 7.06. The van der Waals surface area contributed by atoms with Gasteiger partial charge >= 0.3 is 0 Å². The molecule has 186 valence electrons. The van der Waals surface area contributed by atoms with Crippen LogP contribution >= 0.6 is 15.9 Å². The van der Waals surface area contributed by atoms with Gasteiger partial charge in [-0.25, -0.2) is 12.8 Å². The molecule has 0 saturated heterocycles. The standard InChI is InChI=1S/C25H26BrFN2O5S/c1-16(17-9-11-19(26)12-10-17)28-25(30)20-13-23(33-2)24(34-3)14-22(20)29(35(4,31)32)15-18-7-5-6-8-21(18)27/h5-14,16H,15H2,1-4H3,(H,28,30). The van der Waals surface area contributed by atoms with E-state index in [2.05, 4.69) is 21.2 Å². The van der Waals surface area contributed by atoms with Gasteiger partial charge in [-0.3, -0.25) is 9.10 Å². The predicted octanol–water partition coefficient (Wildman–Crippen LogP) is 5.06. The van der Waals surface area contributed by atoms with Gasteiger partial charge in [0, 0.05) is 16.1 Å². The average Bonchev–Trinajstić information content (AvgIpc) is 2.82. The van der Waals surface area contributed by atoms with Crippen molar-refractivity contribution < 1.29 is 27.1 Å². The quantitative estimate of drug-likeness (QED) is 0.392. The van der Waals surface area contributed by atoms with Crippen LogP contribution in [0.1, 0.15) is 34.5 Å². The van der Waals surface area contributed by atoms with Gasteiger partial charge in [-0.05, 0) is 36.8 Å². The first-order valence-electron chi connectivity index (χ1n) is 10.6. The minimum Gasteiger partial charge on any atom is -0.493 e. The zero-order chi connectivity index (χ0) is 25.8. The molecule has 0 bridgehead atoms. The van der Waals surface area contributed by atoms with E-state index in [1.54, 1.807) is 6.07 Å². The number of amides is 1. The number of hydrogen-bond donors (Lipinski definition) is 1. The largest absolute Gasteiger partial charge is 0.493 e. The number of ether oxygens (including phenoxy) is 2. The number of carbonyl (C=O) groups is 1. The van der Waals surface area contributed by atoms with E-state index in [-0.39, 0.29) is 40.9 Å². The van der Waals surface area contributed by atoms with Gasteiger partial charge in [-0.1, -0.05) is 46.3 Å². The molecule has 0 heterocycles. The second kappa shape index (κ2) is 11.1. The number of rotatable bonds is 9. The molecule has 3 aromatic rings.